The maximum atomic E-state index is 4.08. The van der Waals surface area contributed by atoms with E-state index in [0.29, 0.717) is 12.5 Å². The van der Waals surface area contributed by atoms with Crippen LogP contribution in [-0.4, -0.2) is 20.2 Å². The summed E-state index contributed by atoms with van der Waals surface area (Å²) in [5.74, 6) is 0.606. The third-order valence-corrected chi connectivity index (χ3v) is 2.04. The van der Waals surface area contributed by atoms with Crippen LogP contribution in [0.25, 0.3) is 0 Å². The van der Waals surface area contributed by atoms with Crippen LogP contribution >= 0.6 is 15.9 Å². The average Bonchev–Trinajstić information content (AvgIpc) is 2.70. The maximum Gasteiger partial charge on any atom is 0.222 e. The van der Waals surface area contributed by atoms with E-state index in [9.17, 15) is 0 Å². The highest BCUT2D eigenvalue weighted by Crippen LogP contribution is 2.07. The molecule has 0 fully saturated rings. The molecule has 0 unspecified atom stereocenters. The molecular formula is C8H8BrN5. The zero-order chi connectivity index (χ0) is 9.80. The normalized spacial score (nSPS) is 10.1. The molecule has 2 N–H and O–H groups in total. The minimum Gasteiger partial charge on any atom is -0.350 e. The van der Waals surface area contributed by atoms with Crippen LogP contribution in [0.5, 0.6) is 0 Å². The number of nitrogens with one attached hydrogen (secondary N) is 2. The van der Waals surface area contributed by atoms with Crippen molar-refractivity contribution in [2.45, 2.75) is 6.54 Å². The molecule has 2 aromatic rings. The first-order valence-corrected chi connectivity index (χ1v) is 4.83. The molecule has 0 aliphatic carbocycles. The van der Waals surface area contributed by atoms with Gasteiger partial charge in [0.1, 0.15) is 0 Å². The summed E-state index contributed by atoms with van der Waals surface area (Å²) >= 11 is 3.27. The van der Waals surface area contributed by atoms with Gasteiger partial charge in [-0.1, -0.05) is 0 Å². The van der Waals surface area contributed by atoms with Crippen molar-refractivity contribution in [3.8, 4) is 0 Å². The Bertz CT molecular complexity index is 383. The zero-order valence-corrected chi connectivity index (χ0v) is 8.82. The Labute approximate surface area is 89.1 Å². The lowest BCUT2D eigenvalue weighted by Crippen LogP contribution is -2.02. The first-order chi connectivity index (χ1) is 6.84. The highest BCUT2D eigenvalue weighted by atomic mass is 79.9. The molecule has 2 heterocycles. The molecule has 0 amide bonds. The predicted octanol–water partition coefficient (Wildman–Crippen LogP) is 1.57. The number of hydrogen-bond donors (Lipinski definition) is 2. The van der Waals surface area contributed by atoms with Gasteiger partial charge in [-0.05, 0) is 15.9 Å². The molecule has 0 saturated heterocycles. The van der Waals surface area contributed by atoms with Crippen LogP contribution in [0.2, 0.25) is 0 Å². The molecule has 0 aliphatic heterocycles. The number of H-pyrrole nitrogens is 1. The number of aromatic nitrogens is 4. The predicted molar refractivity (Wildman–Crippen MR) is 55.6 cm³/mol. The van der Waals surface area contributed by atoms with Gasteiger partial charge in [0.15, 0.2) is 0 Å². The van der Waals surface area contributed by atoms with Gasteiger partial charge in [-0.15, -0.1) is 0 Å². The fraction of sp³-hybridized carbons (Fsp3) is 0.125. The molecule has 0 aromatic carbocycles. The second kappa shape index (κ2) is 4.19. The number of halogens is 1. The van der Waals surface area contributed by atoms with Gasteiger partial charge in [0, 0.05) is 30.7 Å². The lowest BCUT2D eigenvalue weighted by atomic mass is 10.4. The monoisotopic (exact) mass is 253 g/mol. The molecule has 72 valence electrons. The van der Waals surface area contributed by atoms with E-state index in [0.717, 1.165) is 10.0 Å². The first-order valence-electron chi connectivity index (χ1n) is 4.03. The summed E-state index contributed by atoms with van der Waals surface area (Å²) in [6, 6.07) is 0. The molecule has 0 atom stereocenters. The minimum atomic E-state index is 0.606. The third kappa shape index (κ3) is 2.29. The smallest absolute Gasteiger partial charge is 0.222 e. The Morgan fingerprint density at radius 1 is 1.29 bits per heavy atom. The highest BCUT2D eigenvalue weighted by Gasteiger charge is 1.96. The summed E-state index contributed by atoms with van der Waals surface area (Å²) in [5, 5.41) is 9.64. The largest absolute Gasteiger partial charge is 0.350 e. The molecule has 2 rings (SSSR count). The Kier molecular flexibility index (Phi) is 2.73. The second-order valence-electron chi connectivity index (χ2n) is 2.68. The Morgan fingerprint density at radius 3 is 2.71 bits per heavy atom. The lowest BCUT2D eigenvalue weighted by Gasteiger charge is -2.01. The van der Waals surface area contributed by atoms with E-state index in [1.54, 1.807) is 18.6 Å². The molecule has 2 aromatic heterocycles. The minimum absolute atomic E-state index is 0.606. The van der Waals surface area contributed by atoms with E-state index >= 15 is 0 Å². The van der Waals surface area contributed by atoms with Gasteiger partial charge < -0.3 is 5.32 Å². The fourth-order valence-electron chi connectivity index (χ4n) is 0.959. The van der Waals surface area contributed by atoms with Crippen LogP contribution < -0.4 is 5.32 Å². The van der Waals surface area contributed by atoms with E-state index in [1.165, 1.54) is 0 Å². The number of aromatic amines is 1. The summed E-state index contributed by atoms with van der Waals surface area (Å²) < 4.78 is 0.867. The molecule has 5 nitrogen and oxygen atoms in total. The molecule has 0 bridgehead atoms. The van der Waals surface area contributed by atoms with Crippen LogP contribution in [0.3, 0.4) is 0 Å². The summed E-state index contributed by atoms with van der Waals surface area (Å²) in [6.07, 6.45) is 6.98. The van der Waals surface area contributed by atoms with E-state index in [2.05, 4.69) is 41.4 Å². The van der Waals surface area contributed by atoms with Gasteiger partial charge in [-0.2, -0.15) is 5.10 Å². The molecular weight excluding hydrogens is 246 g/mol. The Hall–Kier alpha value is -1.43. The van der Waals surface area contributed by atoms with Crippen LogP contribution in [0.1, 0.15) is 5.56 Å². The molecule has 6 heteroatoms. The van der Waals surface area contributed by atoms with Gasteiger partial charge in [0.2, 0.25) is 5.95 Å². The van der Waals surface area contributed by atoms with Gasteiger partial charge >= 0.3 is 0 Å². The number of nitrogens with zero attached hydrogens (tertiary/aromatic N) is 3. The SMILES string of the molecule is Brc1cnc(NCc2cn[nH]c2)nc1. The zero-order valence-electron chi connectivity index (χ0n) is 7.24. The van der Waals surface area contributed by atoms with Crippen molar-refractivity contribution in [3.05, 3.63) is 34.8 Å². The molecule has 0 saturated carbocycles. The van der Waals surface area contributed by atoms with E-state index in [1.807, 2.05) is 6.20 Å². The van der Waals surface area contributed by atoms with Crippen molar-refractivity contribution >= 4 is 21.9 Å². The van der Waals surface area contributed by atoms with Crippen LogP contribution in [0.15, 0.2) is 29.3 Å². The summed E-state index contributed by atoms with van der Waals surface area (Å²) in [7, 11) is 0. The van der Waals surface area contributed by atoms with Crippen molar-refractivity contribution in [2.75, 3.05) is 5.32 Å². The average molecular weight is 254 g/mol. The van der Waals surface area contributed by atoms with Gasteiger partial charge in [0.25, 0.3) is 0 Å². The Balaban J connectivity index is 1.95. The van der Waals surface area contributed by atoms with Gasteiger partial charge in [-0.25, -0.2) is 9.97 Å². The van der Waals surface area contributed by atoms with Crippen molar-refractivity contribution in [1.82, 2.24) is 20.2 Å². The summed E-state index contributed by atoms with van der Waals surface area (Å²) in [6.45, 7) is 0.665. The maximum absolute atomic E-state index is 4.08. The first kappa shape index (κ1) is 9.14. The summed E-state index contributed by atoms with van der Waals surface area (Å²) in [5.41, 5.74) is 1.07. The van der Waals surface area contributed by atoms with E-state index < -0.39 is 0 Å². The Morgan fingerprint density at radius 2 is 2.07 bits per heavy atom. The molecule has 0 spiro atoms. The number of anilines is 1. The highest BCUT2D eigenvalue weighted by molar-refractivity contribution is 9.10. The van der Waals surface area contributed by atoms with Gasteiger partial charge in [-0.3, -0.25) is 5.10 Å². The summed E-state index contributed by atoms with van der Waals surface area (Å²) in [4.78, 5) is 8.16. The lowest BCUT2D eigenvalue weighted by molar-refractivity contribution is 1.05. The number of hydrogen-bond acceptors (Lipinski definition) is 4. The van der Waals surface area contributed by atoms with Crippen LogP contribution in [0, 0.1) is 0 Å². The van der Waals surface area contributed by atoms with Crippen molar-refractivity contribution in [2.24, 2.45) is 0 Å². The van der Waals surface area contributed by atoms with Crippen LogP contribution in [-0.2, 0) is 6.54 Å². The fourth-order valence-corrected chi connectivity index (χ4v) is 1.16. The number of rotatable bonds is 3. The standard InChI is InChI=1S/C8H8BrN5/c9-7-4-11-8(12-5-7)10-1-6-2-13-14-3-6/h2-5H,1H2,(H,13,14)(H,10,11,12). The van der Waals surface area contributed by atoms with E-state index in [-0.39, 0.29) is 0 Å². The quantitative estimate of drug-likeness (QED) is 0.872. The van der Waals surface area contributed by atoms with Crippen LogP contribution in [0.4, 0.5) is 5.95 Å². The van der Waals surface area contributed by atoms with Crippen molar-refractivity contribution in [1.29, 1.82) is 0 Å². The van der Waals surface area contributed by atoms with E-state index in [4.69, 9.17) is 0 Å². The third-order valence-electron chi connectivity index (χ3n) is 1.63. The molecule has 14 heavy (non-hydrogen) atoms. The van der Waals surface area contributed by atoms with Crippen molar-refractivity contribution < 1.29 is 0 Å². The molecule has 0 aliphatic rings. The van der Waals surface area contributed by atoms with Gasteiger partial charge in [0.05, 0.1) is 10.7 Å². The topological polar surface area (TPSA) is 66.5 Å². The second-order valence-corrected chi connectivity index (χ2v) is 3.60. The molecule has 0 radical (unpaired) electrons. The van der Waals surface area contributed by atoms with Crippen molar-refractivity contribution in [3.63, 3.8) is 0 Å².